The SMILES string of the molecule is CCOc1cc(C)c2sccc2c1I. The van der Waals surface area contributed by atoms with Gasteiger partial charge in [0.15, 0.2) is 0 Å². The first-order chi connectivity index (χ1) is 6.74. The van der Waals surface area contributed by atoms with Crippen LogP contribution in [-0.2, 0) is 0 Å². The third kappa shape index (κ3) is 1.63. The highest BCUT2D eigenvalue weighted by atomic mass is 127. The van der Waals surface area contributed by atoms with Crippen molar-refractivity contribution in [3.05, 3.63) is 26.6 Å². The summed E-state index contributed by atoms with van der Waals surface area (Å²) in [5.74, 6) is 1.01. The predicted octanol–water partition coefficient (Wildman–Crippen LogP) is 4.21. The molecular weight excluding hydrogens is 307 g/mol. The van der Waals surface area contributed by atoms with Crippen LogP contribution < -0.4 is 4.74 Å². The minimum Gasteiger partial charge on any atom is -0.493 e. The van der Waals surface area contributed by atoms with Crippen molar-refractivity contribution in [3.8, 4) is 5.75 Å². The van der Waals surface area contributed by atoms with Crippen molar-refractivity contribution in [3.63, 3.8) is 0 Å². The van der Waals surface area contributed by atoms with Gasteiger partial charge in [0.2, 0.25) is 0 Å². The number of hydrogen-bond donors (Lipinski definition) is 0. The molecule has 1 aromatic heterocycles. The summed E-state index contributed by atoms with van der Waals surface area (Å²) in [6.07, 6.45) is 0. The summed E-state index contributed by atoms with van der Waals surface area (Å²) >= 11 is 4.15. The van der Waals surface area contributed by atoms with E-state index in [1.54, 1.807) is 11.3 Å². The highest BCUT2D eigenvalue weighted by Crippen LogP contribution is 2.35. The molecule has 1 aromatic carbocycles. The summed E-state index contributed by atoms with van der Waals surface area (Å²) in [6, 6.07) is 4.29. The molecule has 1 nitrogen and oxygen atoms in total. The minimum atomic E-state index is 0.727. The predicted molar refractivity (Wildman–Crippen MR) is 70.4 cm³/mol. The van der Waals surface area contributed by atoms with Crippen LogP contribution in [-0.4, -0.2) is 6.61 Å². The summed E-state index contributed by atoms with van der Waals surface area (Å²) in [5, 5.41) is 3.45. The van der Waals surface area contributed by atoms with Crippen molar-refractivity contribution in [1.82, 2.24) is 0 Å². The van der Waals surface area contributed by atoms with Crippen LogP contribution in [0.25, 0.3) is 10.1 Å². The van der Waals surface area contributed by atoms with E-state index in [2.05, 4.69) is 47.0 Å². The van der Waals surface area contributed by atoms with Crippen LogP contribution in [0.15, 0.2) is 17.5 Å². The fraction of sp³-hybridized carbons (Fsp3) is 0.273. The van der Waals surface area contributed by atoms with Crippen molar-refractivity contribution in [2.75, 3.05) is 6.61 Å². The second-order valence-corrected chi connectivity index (χ2v) is 5.10. The lowest BCUT2D eigenvalue weighted by Gasteiger charge is -2.08. The lowest BCUT2D eigenvalue weighted by molar-refractivity contribution is 0.338. The molecule has 0 saturated carbocycles. The Hall–Kier alpha value is -0.290. The van der Waals surface area contributed by atoms with Gasteiger partial charge in [0.05, 0.1) is 10.2 Å². The molecular formula is C11H11IOS. The van der Waals surface area contributed by atoms with Gasteiger partial charge in [0.1, 0.15) is 5.75 Å². The fourth-order valence-corrected chi connectivity index (χ4v) is 3.33. The third-order valence-electron chi connectivity index (χ3n) is 2.12. The number of hydrogen-bond acceptors (Lipinski definition) is 2. The molecule has 0 unspecified atom stereocenters. The molecule has 0 aliphatic rings. The maximum absolute atomic E-state index is 5.59. The van der Waals surface area contributed by atoms with Gasteiger partial charge in [-0.25, -0.2) is 0 Å². The maximum atomic E-state index is 5.59. The Labute approximate surface area is 101 Å². The number of thiophene rings is 1. The van der Waals surface area contributed by atoms with Crippen LogP contribution in [0.3, 0.4) is 0 Å². The molecule has 0 radical (unpaired) electrons. The number of ether oxygens (including phenoxy) is 1. The van der Waals surface area contributed by atoms with Gasteiger partial charge >= 0.3 is 0 Å². The zero-order chi connectivity index (χ0) is 10.1. The molecule has 0 spiro atoms. The Balaban J connectivity index is 2.68. The number of rotatable bonds is 2. The molecule has 3 heteroatoms. The van der Waals surface area contributed by atoms with Crippen LogP contribution in [0.5, 0.6) is 5.75 Å². The van der Waals surface area contributed by atoms with Crippen LogP contribution in [0.4, 0.5) is 0 Å². The fourth-order valence-electron chi connectivity index (χ4n) is 1.51. The van der Waals surface area contributed by atoms with E-state index in [-0.39, 0.29) is 0 Å². The molecule has 0 aliphatic carbocycles. The first-order valence-electron chi connectivity index (χ1n) is 4.53. The highest BCUT2D eigenvalue weighted by molar-refractivity contribution is 14.1. The Morgan fingerprint density at radius 1 is 1.50 bits per heavy atom. The van der Waals surface area contributed by atoms with E-state index >= 15 is 0 Å². The van der Waals surface area contributed by atoms with Gasteiger partial charge < -0.3 is 4.74 Å². The van der Waals surface area contributed by atoms with Gasteiger partial charge in [-0.2, -0.15) is 0 Å². The van der Waals surface area contributed by atoms with E-state index in [1.165, 1.54) is 19.2 Å². The Morgan fingerprint density at radius 3 is 3.00 bits per heavy atom. The number of fused-ring (bicyclic) bond motifs is 1. The maximum Gasteiger partial charge on any atom is 0.133 e. The van der Waals surface area contributed by atoms with E-state index in [9.17, 15) is 0 Å². The molecule has 14 heavy (non-hydrogen) atoms. The average molecular weight is 318 g/mol. The van der Waals surface area contributed by atoms with Gasteiger partial charge in [-0.3, -0.25) is 0 Å². The number of aryl methyl sites for hydroxylation is 1. The average Bonchev–Trinajstić information content (AvgIpc) is 2.63. The summed E-state index contributed by atoms with van der Waals surface area (Å²) in [7, 11) is 0. The molecule has 0 bridgehead atoms. The molecule has 0 atom stereocenters. The molecule has 0 amide bonds. The largest absolute Gasteiger partial charge is 0.493 e. The van der Waals surface area contributed by atoms with Crippen molar-refractivity contribution in [2.24, 2.45) is 0 Å². The standard InChI is InChI=1S/C11H11IOS/c1-3-13-9-6-7(2)11-8(10(9)12)4-5-14-11/h4-6H,3H2,1-2H3. The van der Waals surface area contributed by atoms with Gasteiger partial charge in [0, 0.05) is 10.1 Å². The zero-order valence-corrected chi connectivity index (χ0v) is 11.1. The van der Waals surface area contributed by atoms with Gasteiger partial charge in [-0.1, -0.05) is 0 Å². The monoisotopic (exact) mass is 318 g/mol. The molecule has 0 aliphatic heterocycles. The summed E-state index contributed by atoms with van der Waals surface area (Å²) in [5.41, 5.74) is 1.30. The van der Waals surface area contributed by atoms with Crippen molar-refractivity contribution < 1.29 is 4.74 Å². The molecule has 1 heterocycles. The summed E-state index contributed by atoms with van der Waals surface area (Å²) < 4.78 is 8.19. The summed E-state index contributed by atoms with van der Waals surface area (Å²) in [6.45, 7) is 4.88. The van der Waals surface area contributed by atoms with Crippen molar-refractivity contribution >= 4 is 44.0 Å². The van der Waals surface area contributed by atoms with E-state index in [0.717, 1.165) is 12.4 Å². The Kier molecular flexibility index (Phi) is 2.97. The van der Waals surface area contributed by atoms with Crippen LogP contribution in [0.2, 0.25) is 0 Å². The van der Waals surface area contributed by atoms with E-state index in [1.807, 2.05) is 6.92 Å². The molecule has 2 rings (SSSR count). The smallest absolute Gasteiger partial charge is 0.133 e. The number of halogens is 1. The van der Waals surface area contributed by atoms with Crippen molar-refractivity contribution in [1.29, 1.82) is 0 Å². The van der Waals surface area contributed by atoms with Gasteiger partial charge in [-0.05, 0) is 59.5 Å². The quantitative estimate of drug-likeness (QED) is 0.754. The van der Waals surface area contributed by atoms with Crippen LogP contribution >= 0.6 is 33.9 Å². The molecule has 0 saturated heterocycles. The topological polar surface area (TPSA) is 9.23 Å². The summed E-state index contributed by atoms with van der Waals surface area (Å²) in [4.78, 5) is 0. The van der Waals surface area contributed by atoms with E-state index in [4.69, 9.17) is 4.74 Å². The van der Waals surface area contributed by atoms with Gasteiger partial charge in [-0.15, -0.1) is 11.3 Å². The Morgan fingerprint density at radius 2 is 2.29 bits per heavy atom. The Bertz CT molecular complexity index is 462. The van der Waals surface area contributed by atoms with Crippen molar-refractivity contribution in [2.45, 2.75) is 13.8 Å². The second-order valence-electron chi connectivity index (χ2n) is 3.10. The van der Waals surface area contributed by atoms with Crippen LogP contribution in [0, 0.1) is 10.5 Å². The molecule has 2 aromatic rings. The lowest BCUT2D eigenvalue weighted by Crippen LogP contribution is -1.94. The van der Waals surface area contributed by atoms with E-state index < -0.39 is 0 Å². The minimum absolute atomic E-state index is 0.727. The highest BCUT2D eigenvalue weighted by Gasteiger charge is 2.09. The molecule has 0 fully saturated rings. The second kappa shape index (κ2) is 4.06. The van der Waals surface area contributed by atoms with Crippen LogP contribution in [0.1, 0.15) is 12.5 Å². The number of benzene rings is 1. The zero-order valence-electron chi connectivity index (χ0n) is 8.13. The molecule has 0 N–H and O–H groups in total. The normalized spacial score (nSPS) is 10.8. The lowest BCUT2D eigenvalue weighted by atomic mass is 10.2. The first kappa shape index (κ1) is 10.2. The third-order valence-corrected chi connectivity index (χ3v) is 4.29. The van der Waals surface area contributed by atoms with E-state index in [0.29, 0.717) is 0 Å². The first-order valence-corrected chi connectivity index (χ1v) is 6.49. The van der Waals surface area contributed by atoms with Gasteiger partial charge in [0.25, 0.3) is 0 Å². The molecule has 74 valence electrons.